The molecule has 0 fully saturated rings. The van der Waals surface area contributed by atoms with Crippen LogP contribution in [-0.4, -0.2) is 42.0 Å². The van der Waals surface area contributed by atoms with Gasteiger partial charge in [-0.3, -0.25) is 14.6 Å². The van der Waals surface area contributed by atoms with Gasteiger partial charge in [-0.25, -0.2) is 4.79 Å². The number of para-hydroxylation sites is 1. The van der Waals surface area contributed by atoms with Gasteiger partial charge < -0.3 is 15.4 Å². The highest BCUT2D eigenvalue weighted by Crippen LogP contribution is 2.31. The molecule has 7 nitrogen and oxygen atoms in total. The Hall–Kier alpha value is -2.96. The molecule has 2 aromatic rings. The maximum atomic E-state index is 12.9. The van der Waals surface area contributed by atoms with Crippen molar-refractivity contribution in [1.82, 2.24) is 15.6 Å². The molecule has 0 radical (unpaired) electrons. The zero-order chi connectivity index (χ0) is 21.0. The molecule has 1 atom stereocenters. The van der Waals surface area contributed by atoms with Gasteiger partial charge in [-0.15, -0.1) is 0 Å². The van der Waals surface area contributed by atoms with E-state index in [9.17, 15) is 14.4 Å². The topological polar surface area (TPSA) is 97.4 Å². The second kappa shape index (κ2) is 9.03. The van der Waals surface area contributed by atoms with E-state index >= 15 is 0 Å². The molecule has 1 aliphatic rings. The minimum Gasteiger partial charge on any atom is -0.452 e. The quantitative estimate of drug-likeness (QED) is 0.728. The van der Waals surface area contributed by atoms with Crippen molar-refractivity contribution in [2.75, 3.05) is 13.2 Å². The molecule has 3 rings (SSSR count). The summed E-state index contributed by atoms with van der Waals surface area (Å²) in [5, 5.41) is 5.88. The van der Waals surface area contributed by atoms with Crippen molar-refractivity contribution in [2.45, 2.75) is 46.1 Å². The average molecular weight is 397 g/mol. The second-order valence-corrected chi connectivity index (χ2v) is 7.85. The standard InChI is InChI=1S/C22H27N3O4/c1-13(2)24-19(26)11-23-20(27)12-29-22(28)21-15-6-4-5-7-17(15)25-18-9-8-14(3)10-16(18)21/h4-7,13-14H,8-12H2,1-3H3,(H,23,27)(H,24,26)/t14-/m0/s1. The summed E-state index contributed by atoms with van der Waals surface area (Å²) in [5.41, 5.74) is 3.11. The maximum Gasteiger partial charge on any atom is 0.339 e. The Balaban J connectivity index is 1.73. The van der Waals surface area contributed by atoms with E-state index in [1.807, 2.05) is 38.1 Å². The van der Waals surface area contributed by atoms with Crippen LogP contribution < -0.4 is 10.6 Å². The third-order valence-corrected chi connectivity index (χ3v) is 4.94. The van der Waals surface area contributed by atoms with Gasteiger partial charge in [0, 0.05) is 17.1 Å². The van der Waals surface area contributed by atoms with Crippen LogP contribution in [0.25, 0.3) is 10.9 Å². The molecule has 1 aromatic heterocycles. The first-order chi connectivity index (χ1) is 13.8. The second-order valence-electron chi connectivity index (χ2n) is 7.85. The number of rotatable bonds is 6. The van der Waals surface area contributed by atoms with E-state index in [0.717, 1.165) is 41.4 Å². The predicted octanol–water partition coefficient (Wildman–Crippen LogP) is 2.16. The molecule has 7 heteroatoms. The lowest BCUT2D eigenvalue weighted by Gasteiger charge is -2.24. The normalized spacial score (nSPS) is 15.7. The van der Waals surface area contributed by atoms with Crippen LogP contribution in [0.2, 0.25) is 0 Å². The number of aryl methyl sites for hydroxylation is 1. The summed E-state index contributed by atoms with van der Waals surface area (Å²) in [6.45, 7) is 5.24. The predicted molar refractivity (Wildman–Crippen MR) is 110 cm³/mol. The molecule has 1 aromatic carbocycles. The number of benzene rings is 1. The minimum absolute atomic E-state index is 0.00855. The smallest absolute Gasteiger partial charge is 0.339 e. The summed E-state index contributed by atoms with van der Waals surface area (Å²) in [5.74, 6) is -0.878. The van der Waals surface area contributed by atoms with Gasteiger partial charge in [0.2, 0.25) is 5.91 Å². The summed E-state index contributed by atoms with van der Waals surface area (Å²) in [4.78, 5) is 41.3. The minimum atomic E-state index is -0.532. The first kappa shape index (κ1) is 20.8. The SMILES string of the molecule is CC(C)NC(=O)CNC(=O)COC(=O)c1c2c(nc3ccccc13)CC[C@H](C)C2. The number of carbonyl (C=O) groups excluding carboxylic acids is 3. The van der Waals surface area contributed by atoms with Crippen molar-refractivity contribution < 1.29 is 19.1 Å². The van der Waals surface area contributed by atoms with Crippen LogP contribution in [0.1, 0.15) is 48.8 Å². The van der Waals surface area contributed by atoms with Crippen molar-refractivity contribution in [1.29, 1.82) is 0 Å². The number of fused-ring (bicyclic) bond motifs is 2. The number of ether oxygens (including phenoxy) is 1. The fraction of sp³-hybridized carbons (Fsp3) is 0.455. The third-order valence-electron chi connectivity index (χ3n) is 4.94. The van der Waals surface area contributed by atoms with Crippen LogP contribution >= 0.6 is 0 Å². The van der Waals surface area contributed by atoms with Crippen LogP contribution in [0.15, 0.2) is 24.3 Å². The molecule has 0 spiro atoms. The first-order valence-electron chi connectivity index (χ1n) is 9.98. The van der Waals surface area contributed by atoms with Gasteiger partial charge in [0.15, 0.2) is 6.61 Å². The van der Waals surface area contributed by atoms with Crippen LogP contribution in [-0.2, 0) is 27.2 Å². The Bertz CT molecular complexity index is 939. The molecule has 0 saturated heterocycles. The van der Waals surface area contributed by atoms with Gasteiger partial charge in [0.1, 0.15) is 0 Å². The first-order valence-corrected chi connectivity index (χ1v) is 9.98. The van der Waals surface area contributed by atoms with Crippen LogP contribution in [0, 0.1) is 5.92 Å². The number of carbonyl (C=O) groups is 3. The highest BCUT2D eigenvalue weighted by atomic mass is 16.5. The van der Waals surface area contributed by atoms with E-state index in [2.05, 4.69) is 17.6 Å². The molecule has 0 saturated carbocycles. The molecule has 0 aliphatic heterocycles. The molecule has 0 unspecified atom stereocenters. The molecule has 0 bridgehead atoms. The number of aromatic nitrogens is 1. The Kier molecular flexibility index (Phi) is 6.46. The largest absolute Gasteiger partial charge is 0.452 e. The van der Waals surface area contributed by atoms with Gasteiger partial charge in [-0.2, -0.15) is 0 Å². The van der Waals surface area contributed by atoms with Crippen molar-refractivity contribution in [2.24, 2.45) is 5.92 Å². The van der Waals surface area contributed by atoms with Crippen molar-refractivity contribution in [3.05, 3.63) is 41.1 Å². The van der Waals surface area contributed by atoms with E-state index in [-0.39, 0.29) is 18.5 Å². The molecule has 1 aliphatic carbocycles. The summed E-state index contributed by atoms with van der Waals surface area (Å²) >= 11 is 0. The molecular weight excluding hydrogens is 370 g/mol. The van der Waals surface area contributed by atoms with Gasteiger partial charge in [-0.05, 0) is 50.7 Å². The van der Waals surface area contributed by atoms with E-state index in [0.29, 0.717) is 11.5 Å². The summed E-state index contributed by atoms with van der Waals surface area (Å²) in [7, 11) is 0. The lowest BCUT2D eigenvalue weighted by Crippen LogP contribution is -2.41. The number of hydrogen-bond donors (Lipinski definition) is 2. The van der Waals surface area contributed by atoms with Crippen LogP contribution in [0.3, 0.4) is 0 Å². The average Bonchev–Trinajstić information content (AvgIpc) is 2.68. The van der Waals surface area contributed by atoms with E-state index in [1.165, 1.54) is 0 Å². The van der Waals surface area contributed by atoms with Gasteiger partial charge in [-0.1, -0.05) is 25.1 Å². The van der Waals surface area contributed by atoms with Crippen molar-refractivity contribution in [3.63, 3.8) is 0 Å². The van der Waals surface area contributed by atoms with E-state index in [1.54, 1.807) is 0 Å². The summed E-state index contributed by atoms with van der Waals surface area (Å²) in [6.07, 6.45) is 2.62. The Morgan fingerprint density at radius 2 is 1.97 bits per heavy atom. The number of pyridine rings is 1. The molecule has 29 heavy (non-hydrogen) atoms. The highest BCUT2D eigenvalue weighted by molar-refractivity contribution is 6.05. The Morgan fingerprint density at radius 1 is 1.21 bits per heavy atom. The monoisotopic (exact) mass is 397 g/mol. The van der Waals surface area contributed by atoms with Gasteiger partial charge in [0.05, 0.1) is 17.6 Å². The van der Waals surface area contributed by atoms with Crippen molar-refractivity contribution in [3.8, 4) is 0 Å². The molecule has 2 N–H and O–H groups in total. The number of esters is 1. The summed E-state index contributed by atoms with van der Waals surface area (Å²) < 4.78 is 5.30. The van der Waals surface area contributed by atoms with E-state index < -0.39 is 18.5 Å². The van der Waals surface area contributed by atoms with Crippen molar-refractivity contribution >= 4 is 28.7 Å². The highest BCUT2D eigenvalue weighted by Gasteiger charge is 2.26. The molecular formula is C22H27N3O4. The third kappa shape index (κ3) is 5.10. The zero-order valence-electron chi connectivity index (χ0n) is 17.1. The fourth-order valence-corrected chi connectivity index (χ4v) is 3.60. The number of nitrogens with one attached hydrogen (secondary N) is 2. The number of amides is 2. The van der Waals surface area contributed by atoms with Gasteiger partial charge in [0.25, 0.3) is 5.91 Å². The lowest BCUT2D eigenvalue weighted by atomic mass is 9.84. The maximum absolute atomic E-state index is 12.9. The Labute approximate surface area is 170 Å². The zero-order valence-corrected chi connectivity index (χ0v) is 17.1. The van der Waals surface area contributed by atoms with Crippen LogP contribution in [0.5, 0.6) is 0 Å². The van der Waals surface area contributed by atoms with Gasteiger partial charge >= 0.3 is 5.97 Å². The molecule has 1 heterocycles. The Morgan fingerprint density at radius 3 is 2.72 bits per heavy atom. The van der Waals surface area contributed by atoms with E-state index in [4.69, 9.17) is 9.72 Å². The lowest BCUT2D eigenvalue weighted by molar-refractivity contribution is -0.128. The molecule has 154 valence electrons. The molecule has 2 amide bonds. The van der Waals surface area contributed by atoms with Crippen LogP contribution in [0.4, 0.5) is 0 Å². The summed E-state index contributed by atoms with van der Waals surface area (Å²) in [6, 6.07) is 7.47. The number of hydrogen-bond acceptors (Lipinski definition) is 5. The fourth-order valence-electron chi connectivity index (χ4n) is 3.60. The number of nitrogens with zero attached hydrogens (tertiary/aromatic N) is 1.